The molecule has 2 N–H and O–H groups in total. The van der Waals surface area contributed by atoms with Gasteiger partial charge in [0.25, 0.3) is 0 Å². The lowest BCUT2D eigenvalue weighted by Crippen LogP contribution is -2.44. The first kappa shape index (κ1) is 16.1. The largest absolute Gasteiger partial charge is 0.480 e. The first-order chi connectivity index (χ1) is 8.69. The highest BCUT2D eigenvalue weighted by molar-refractivity contribution is 7.89. The minimum atomic E-state index is -3.79. The van der Waals surface area contributed by atoms with Gasteiger partial charge >= 0.3 is 5.97 Å². The predicted octanol–water partition coefficient (Wildman–Crippen LogP) is 2.14. The average Bonchev–Trinajstić information content (AvgIpc) is 2.65. The van der Waals surface area contributed by atoms with Crippen LogP contribution >= 0.6 is 11.3 Å². The van der Waals surface area contributed by atoms with Gasteiger partial charge < -0.3 is 5.11 Å². The van der Waals surface area contributed by atoms with Gasteiger partial charge in [-0.2, -0.15) is 4.72 Å². The van der Waals surface area contributed by atoms with Crippen molar-refractivity contribution in [2.75, 3.05) is 0 Å². The Kier molecular flexibility index (Phi) is 5.11. The van der Waals surface area contributed by atoms with Gasteiger partial charge in [0.2, 0.25) is 10.0 Å². The highest BCUT2D eigenvalue weighted by atomic mass is 32.2. The lowest BCUT2D eigenvalue weighted by Gasteiger charge is -2.19. The van der Waals surface area contributed by atoms with Crippen LogP contribution < -0.4 is 4.72 Å². The van der Waals surface area contributed by atoms with E-state index in [9.17, 15) is 13.2 Å². The maximum atomic E-state index is 12.2. The lowest BCUT2D eigenvalue weighted by atomic mass is 10.0. The molecule has 0 aliphatic carbocycles. The molecule has 0 aliphatic rings. The highest BCUT2D eigenvalue weighted by Gasteiger charge is 2.30. The van der Waals surface area contributed by atoms with Crippen LogP contribution in [0.5, 0.6) is 0 Å². The van der Waals surface area contributed by atoms with Crippen LogP contribution in [-0.4, -0.2) is 25.5 Å². The molecule has 0 fully saturated rings. The molecule has 5 nitrogen and oxygen atoms in total. The van der Waals surface area contributed by atoms with E-state index in [0.717, 1.165) is 4.88 Å². The molecule has 0 radical (unpaired) electrons. The fourth-order valence-corrected chi connectivity index (χ4v) is 4.60. The van der Waals surface area contributed by atoms with Crippen LogP contribution in [0.25, 0.3) is 0 Å². The summed E-state index contributed by atoms with van der Waals surface area (Å²) < 4.78 is 26.8. The minimum Gasteiger partial charge on any atom is -0.480 e. The molecule has 19 heavy (non-hydrogen) atoms. The summed E-state index contributed by atoms with van der Waals surface area (Å²) in [6.07, 6.45) is 0.584. The highest BCUT2D eigenvalue weighted by Crippen LogP contribution is 2.25. The van der Waals surface area contributed by atoms with E-state index in [1.165, 1.54) is 11.3 Å². The second kappa shape index (κ2) is 6.02. The molecular weight excluding hydrogens is 286 g/mol. The number of sulfonamides is 1. The van der Waals surface area contributed by atoms with Crippen molar-refractivity contribution < 1.29 is 18.3 Å². The van der Waals surface area contributed by atoms with E-state index < -0.39 is 22.0 Å². The van der Waals surface area contributed by atoms with E-state index >= 15 is 0 Å². The summed E-state index contributed by atoms with van der Waals surface area (Å²) in [4.78, 5) is 12.9. The molecule has 1 aromatic heterocycles. The Morgan fingerprint density at radius 2 is 2.05 bits per heavy atom. The first-order valence-electron chi connectivity index (χ1n) is 6.01. The van der Waals surface area contributed by atoms with Crippen LogP contribution in [-0.2, 0) is 14.8 Å². The quantitative estimate of drug-likeness (QED) is 0.843. The smallest absolute Gasteiger partial charge is 0.322 e. The number of thiophene rings is 1. The molecule has 0 unspecified atom stereocenters. The third-order valence-corrected chi connectivity index (χ3v) is 5.71. The van der Waals surface area contributed by atoms with Crippen molar-refractivity contribution in [1.82, 2.24) is 4.72 Å². The zero-order chi connectivity index (χ0) is 14.8. The van der Waals surface area contributed by atoms with Crippen LogP contribution in [0, 0.1) is 19.8 Å². The molecule has 0 saturated carbocycles. The normalized spacial score (nSPS) is 15.2. The number of carbonyl (C=O) groups is 1. The van der Waals surface area contributed by atoms with Gasteiger partial charge in [-0.15, -0.1) is 11.3 Å². The SMILES string of the molecule is CC[C@H](C)[C@H](NS(=O)(=O)c1cc(C)sc1C)C(=O)O. The van der Waals surface area contributed by atoms with E-state index in [-0.39, 0.29) is 10.8 Å². The van der Waals surface area contributed by atoms with Gasteiger partial charge in [0.1, 0.15) is 6.04 Å². The third-order valence-electron chi connectivity index (χ3n) is 3.05. The maximum Gasteiger partial charge on any atom is 0.322 e. The van der Waals surface area contributed by atoms with E-state index in [0.29, 0.717) is 11.3 Å². The zero-order valence-electron chi connectivity index (χ0n) is 11.4. The number of nitrogens with one attached hydrogen (secondary N) is 1. The molecular formula is C12H19NO4S2. The Morgan fingerprint density at radius 1 is 1.47 bits per heavy atom. The van der Waals surface area contributed by atoms with Crippen LogP contribution in [0.2, 0.25) is 0 Å². The fraction of sp³-hybridized carbons (Fsp3) is 0.583. The van der Waals surface area contributed by atoms with Crippen molar-refractivity contribution in [3.63, 3.8) is 0 Å². The molecule has 0 aromatic carbocycles. The zero-order valence-corrected chi connectivity index (χ0v) is 13.1. The second-order valence-corrected chi connectivity index (χ2v) is 7.74. The van der Waals surface area contributed by atoms with Crippen LogP contribution in [0.15, 0.2) is 11.0 Å². The van der Waals surface area contributed by atoms with E-state index in [1.807, 2.05) is 13.8 Å². The van der Waals surface area contributed by atoms with Crippen molar-refractivity contribution in [3.05, 3.63) is 15.8 Å². The summed E-state index contributed by atoms with van der Waals surface area (Å²) in [6.45, 7) is 7.08. The molecule has 0 spiro atoms. The van der Waals surface area contributed by atoms with Crippen LogP contribution in [0.3, 0.4) is 0 Å². The fourth-order valence-electron chi connectivity index (χ4n) is 1.75. The number of hydrogen-bond donors (Lipinski definition) is 2. The monoisotopic (exact) mass is 305 g/mol. The van der Waals surface area contributed by atoms with Gasteiger partial charge in [-0.1, -0.05) is 20.3 Å². The Balaban J connectivity index is 3.08. The summed E-state index contributed by atoms with van der Waals surface area (Å²) in [5, 5.41) is 9.14. The van der Waals surface area contributed by atoms with Crippen LogP contribution in [0.1, 0.15) is 30.0 Å². The summed E-state index contributed by atoms with van der Waals surface area (Å²) in [6, 6.07) is 0.465. The number of rotatable bonds is 6. The molecule has 108 valence electrons. The summed E-state index contributed by atoms with van der Waals surface area (Å²) in [5.41, 5.74) is 0. The number of aryl methyl sites for hydroxylation is 2. The van der Waals surface area contributed by atoms with Crippen molar-refractivity contribution in [3.8, 4) is 0 Å². The van der Waals surface area contributed by atoms with Gasteiger partial charge in [-0.25, -0.2) is 8.42 Å². The van der Waals surface area contributed by atoms with Gasteiger partial charge in [-0.05, 0) is 25.8 Å². The van der Waals surface area contributed by atoms with Crippen LogP contribution in [0.4, 0.5) is 0 Å². The Hall–Kier alpha value is -0.920. The summed E-state index contributed by atoms with van der Waals surface area (Å²) in [7, 11) is -3.79. The van der Waals surface area contributed by atoms with Crippen molar-refractivity contribution in [2.45, 2.75) is 45.1 Å². The van der Waals surface area contributed by atoms with Crippen molar-refractivity contribution in [1.29, 1.82) is 0 Å². The number of hydrogen-bond acceptors (Lipinski definition) is 4. The molecule has 1 aromatic rings. The van der Waals surface area contributed by atoms with Crippen molar-refractivity contribution in [2.24, 2.45) is 5.92 Å². The molecule has 2 atom stereocenters. The number of carboxylic acid groups (broad SMARTS) is 1. The number of aliphatic carboxylic acids is 1. The number of carboxylic acids is 1. The Morgan fingerprint density at radius 3 is 2.42 bits per heavy atom. The third kappa shape index (κ3) is 3.77. The second-order valence-electron chi connectivity index (χ2n) is 4.60. The van der Waals surface area contributed by atoms with Gasteiger partial charge in [0, 0.05) is 9.75 Å². The predicted molar refractivity (Wildman–Crippen MR) is 75.0 cm³/mol. The van der Waals surface area contributed by atoms with E-state index in [1.54, 1.807) is 19.9 Å². The first-order valence-corrected chi connectivity index (χ1v) is 8.31. The standard InChI is InChI=1S/C12H19NO4S2/c1-5-7(2)11(12(14)15)13-19(16,17)10-6-8(3)18-9(10)4/h6-7,11,13H,5H2,1-4H3,(H,14,15)/t7-,11-/m0/s1. The maximum absolute atomic E-state index is 12.2. The molecule has 0 amide bonds. The molecule has 1 rings (SSSR count). The average molecular weight is 305 g/mol. The Labute approximate surface area is 117 Å². The molecule has 0 saturated heterocycles. The van der Waals surface area contributed by atoms with Crippen molar-refractivity contribution >= 4 is 27.3 Å². The van der Waals surface area contributed by atoms with Gasteiger partial charge in [0.15, 0.2) is 0 Å². The molecule has 7 heteroatoms. The van der Waals surface area contributed by atoms with E-state index in [4.69, 9.17) is 5.11 Å². The topological polar surface area (TPSA) is 83.5 Å². The van der Waals surface area contributed by atoms with E-state index in [2.05, 4.69) is 4.72 Å². The molecule has 0 bridgehead atoms. The lowest BCUT2D eigenvalue weighted by molar-refractivity contribution is -0.140. The summed E-state index contributed by atoms with van der Waals surface area (Å²) in [5.74, 6) is -1.42. The molecule has 1 heterocycles. The molecule has 0 aliphatic heterocycles. The van der Waals surface area contributed by atoms with Gasteiger partial charge in [-0.3, -0.25) is 4.79 Å². The minimum absolute atomic E-state index is 0.171. The Bertz CT molecular complexity index is 562. The summed E-state index contributed by atoms with van der Waals surface area (Å²) >= 11 is 1.38. The van der Waals surface area contributed by atoms with Gasteiger partial charge in [0.05, 0.1) is 4.90 Å².